The third-order valence-corrected chi connectivity index (χ3v) is 3.26. The lowest BCUT2D eigenvalue weighted by Gasteiger charge is -2.21. The average molecular weight is 389 g/mol. The van der Waals surface area contributed by atoms with Crippen molar-refractivity contribution >= 4 is 35.6 Å². The number of primary amides is 1. The molecule has 0 aliphatic rings. The van der Waals surface area contributed by atoms with E-state index in [0.29, 0.717) is 0 Å². The van der Waals surface area contributed by atoms with Gasteiger partial charge in [0, 0.05) is 6.42 Å². The van der Waals surface area contributed by atoms with Gasteiger partial charge < -0.3 is 37.6 Å². The van der Waals surface area contributed by atoms with Crippen molar-refractivity contribution in [3.63, 3.8) is 0 Å². The highest BCUT2D eigenvalue weighted by molar-refractivity contribution is 5.94. The smallest absolute Gasteiger partial charge is 0.326 e. The minimum absolute atomic E-state index is 0.141. The van der Waals surface area contributed by atoms with Crippen molar-refractivity contribution in [2.45, 2.75) is 44.3 Å². The molecule has 0 aromatic carbocycles. The molecule has 3 unspecified atom stereocenters. The van der Waals surface area contributed by atoms with Gasteiger partial charge in [0.1, 0.15) is 18.1 Å². The molecule has 13 heteroatoms. The van der Waals surface area contributed by atoms with Gasteiger partial charge in [-0.15, -0.1) is 0 Å². The first-order chi connectivity index (χ1) is 12.5. The Kier molecular flexibility index (Phi) is 10.0. The van der Waals surface area contributed by atoms with E-state index in [9.17, 15) is 28.8 Å². The van der Waals surface area contributed by atoms with Crippen molar-refractivity contribution in [3.05, 3.63) is 0 Å². The molecule has 0 rings (SSSR count). The highest BCUT2D eigenvalue weighted by atomic mass is 16.4. The minimum Gasteiger partial charge on any atom is -0.481 e. The molecular formula is C14H23N5O8. The van der Waals surface area contributed by atoms with Crippen molar-refractivity contribution in [1.29, 1.82) is 0 Å². The summed E-state index contributed by atoms with van der Waals surface area (Å²) in [6.07, 6.45) is -1.21. The third-order valence-electron chi connectivity index (χ3n) is 3.26. The summed E-state index contributed by atoms with van der Waals surface area (Å²) >= 11 is 0. The van der Waals surface area contributed by atoms with Crippen molar-refractivity contribution in [1.82, 2.24) is 16.0 Å². The number of carboxylic acid groups (broad SMARTS) is 2. The normalized spacial score (nSPS) is 13.6. The fourth-order valence-electron chi connectivity index (χ4n) is 1.86. The van der Waals surface area contributed by atoms with Crippen LogP contribution >= 0.6 is 0 Å². The van der Waals surface area contributed by atoms with E-state index in [2.05, 4.69) is 10.6 Å². The maximum atomic E-state index is 12.2. The largest absolute Gasteiger partial charge is 0.481 e. The zero-order valence-corrected chi connectivity index (χ0v) is 14.6. The molecule has 0 fully saturated rings. The standard InChI is InChI=1S/C14H23N5O8/c1-6(12(24)19-8(14(26)27)4-11(22)23)17-13(25)7(2-3-9(16)20)18-10(21)5-15/h6-8H,2-5,15H2,1H3,(H2,16,20)(H,17,25)(H,18,21)(H,19,24)(H,22,23)(H,26,27). The lowest BCUT2D eigenvalue weighted by Crippen LogP contribution is -2.55. The Bertz CT molecular complexity index is 608. The van der Waals surface area contributed by atoms with Gasteiger partial charge in [-0.2, -0.15) is 0 Å². The number of nitrogens with two attached hydrogens (primary N) is 2. The van der Waals surface area contributed by atoms with Crippen LogP contribution in [0.2, 0.25) is 0 Å². The maximum absolute atomic E-state index is 12.2. The molecule has 0 spiro atoms. The third kappa shape index (κ3) is 9.74. The molecule has 0 aliphatic heterocycles. The number of carbonyl (C=O) groups excluding carboxylic acids is 4. The van der Waals surface area contributed by atoms with Crippen molar-refractivity contribution < 1.29 is 39.0 Å². The number of rotatable bonds is 12. The molecule has 13 nitrogen and oxygen atoms in total. The topological polar surface area (TPSA) is 231 Å². The van der Waals surface area contributed by atoms with E-state index < -0.39 is 66.7 Å². The molecule has 0 aliphatic carbocycles. The van der Waals surface area contributed by atoms with Gasteiger partial charge in [-0.1, -0.05) is 0 Å². The second-order valence-electron chi connectivity index (χ2n) is 5.56. The molecule has 0 aromatic rings. The Morgan fingerprint density at radius 2 is 1.52 bits per heavy atom. The second-order valence-corrected chi connectivity index (χ2v) is 5.56. The number of carbonyl (C=O) groups is 6. The number of amides is 4. The number of hydrogen-bond donors (Lipinski definition) is 7. The lowest BCUT2D eigenvalue weighted by molar-refractivity contribution is -0.147. The van der Waals surface area contributed by atoms with Crippen LogP contribution in [0.4, 0.5) is 0 Å². The molecule has 9 N–H and O–H groups in total. The van der Waals surface area contributed by atoms with Gasteiger partial charge in [-0.3, -0.25) is 24.0 Å². The Balaban J connectivity index is 4.94. The monoisotopic (exact) mass is 389 g/mol. The van der Waals surface area contributed by atoms with Crippen LogP contribution < -0.4 is 27.4 Å². The molecule has 152 valence electrons. The summed E-state index contributed by atoms with van der Waals surface area (Å²) in [5, 5.41) is 24.0. The molecule has 0 saturated carbocycles. The SMILES string of the molecule is CC(NC(=O)C(CCC(N)=O)NC(=O)CN)C(=O)NC(CC(=O)O)C(=O)O. The number of nitrogens with one attached hydrogen (secondary N) is 3. The van der Waals surface area contributed by atoms with Gasteiger partial charge in [-0.05, 0) is 13.3 Å². The van der Waals surface area contributed by atoms with Crippen molar-refractivity contribution in [3.8, 4) is 0 Å². The van der Waals surface area contributed by atoms with Crippen LogP contribution in [0.25, 0.3) is 0 Å². The molecular weight excluding hydrogens is 366 g/mol. The van der Waals surface area contributed by atoms with E-state index in [4.69, 9.17) is 21.7 Å². The van der Waals surface area contributed by atoms with Gasteiger partial charge in [-0.25, -0.2) is 4.79 Å². The predicted molar refractivity (Wildman–Crippen MR) is 88.8 cm³/mol. The average Bonchev–Trinajstić information content (AvgIpc) is 2.56. The van der Waals surface area contributed by atoms with Crippen LogP contribution in [0.3, 0.4) is 0 Å². The molecule has 4 amide bonds. The van der Waals surface area contributed by atoms with E-state index in [1.165, 1.54) is 6.92 Å². The summed E-state index contributed by atoms with van der Waals surface area (Å²) in [6, 6.07) is -4.13. The lowest BCUT2D eigenvalue weighted by atomic mass is 10.1. The van der Waals surface area contributed by atoms with Crippen molar-refractivity contribution in [2.24, 2.45) is 11.5 Å². The maximum Gasteiger partial charge on any atom is 0.326 e. The van der Waals surface area contributed by atoms with E-state index in [-0.39, 0.29) is 12.8 Å². The Morgan fingerprint density at radius 3 is 1.96 bits per heavy atom. The summed E-state index contributed by atoms with van der Waals surface area (Å²) < 4.78 is 0. The Morgan fingerprint density at radius 1 is 0.926 bits per heavy atom. The molecule has 27 heavy (non-hydrogen) atoms. The van der Waals surface area contributed by atoms with Gasteiger partial charge in [0.15, 0.2) is 0 Å². The van der Waals surface area contributed by atoms with Crippen LogP contribution in [0.1, 0.15) is 26.2 Å². The van der Waals surface area contributed by atoms with Crippen LogP contribution in [-0.4, -0.2) is 70.5 Å². The van der Waals surface area contributed by atoms with Gasteiger partial charge >= 0.3 is 11.9 Å². The highest BCUT2D eigenvalue weighted by Gasteiger charge is 2.28. The van der Waals surface area contributed by atoms with E-state index in [1.807, 2.05) is 5.32 Å². The number of carboxylic acids is 2. The second kappa shape index (κ2) is 11.4. The number of hydrogen-bond acceptors (Lipinski definition) is 7. The quantitative estimate of drug-likeness (QED) is 0.173. The first kappa shape index (κ1) is 23.8. The molecule has 0 saturated heterocycles. The molecule has 0 heterocycles. The summed E-state index contributed by atoms with van der Waals surface area (Å²) in [6.45, 7) is 0.814. The van der Waals surface area contributed by atoms with Crippen molar-refractivity contribution in [2.75, 3.05) is 6.54 Å². The van der Waals surface area contributed by atoms with Crippen LogP contribution in [0, 0.1) is 0 Å². The molecule has 0 radical (unpaired) electrons. The zero-order chi connectivity index (χ0) is 21.1. The zero-order valence-electron chi connectivity index (χ0n) is 14.6. The van der Waals surface area contributed by atoms with Gasteiger partial charge in [0.25, 0.3) is 0 Å². The first-order valence-electron chi connectivity index (χ1n) is 7.81. The predicted octanol–water partition coefficient (Wildman–Crippen LogP) is -3.76. The summed E-state index contributed by atoms with van der Waals surface area (Å²) in [5.74, 6) is -6.15. The van der Waals surface area contributed by atoms with E-state index in [0.717, 1.165) is 0 Å². The van der Waals surface area contributed by atoms with Crippen LogP contribution in [0.15, 0.2) is 0 Å². The Labute approximate surface area is 153 Å². The Hall–Kier alpha value is -3.22. The molecule has 0 aromatic heterocycles. The van der Waals surface area contributed by atoms with Crippen LogP contribution in [0.5, 0.6) is 0 Å². The fraction of sp³-hybridized carbons (Fsp3) is 0.571. The first-order valence-corrected chi connectivity index (χ1v) is 7.81. The number of aliphatic carboxylic acids is 2. The summed E-state index contributed by atoms with van der Waals surface area (Å²) in [7, 11) is 0. The van der Waals surface area contributed by atoms with E-state index >= 15 is 0 Å². The minimum atomic E-state index is -1.68. The van der Waals surface area contributed by atoms with Crippen LogP contribution in [-0.2, 0) is 28.8 Å². The summed E-state index contributed by atoms with van der Waals surface area (Å²) in [4.78, 5) is 68.0. The summed E-state index contributed by atoms with van der Waals surface area (Å²) in [5.41, 5.74) is 10.1. The van der Waals surface area contributed by atoms with E-state index in [1.54, 1.807) is 0 Å². The molecule has 3 atom stereocenters. The van der Waals surface area contributed by atoms with Gasteiger partial charge in [0.05, 0.1) is 13.0 Å². The molecule has 0 bridgehead atoms. The van der Waals surface area contributed by atoms with Gasteiger partial charge in [0.2, 0.25) is 23.6 Å². The highest BCUT2D eigenvalue weighted by Crippen LogP contribution is 2.00. The fourth-order valence-corrected chi connectivity index (χ4v) is 1.86.